The van der Waals surface area contributed by atoms with Gasteiger partial charge in [-0.15, -0.1) is 0 Å². The van der Waals surface area contributed by atoms with Gasteiger partial charge in [0.2, 0.25) is 0 Å². The normalized spacial score (nSPS) is 15.9. The average Bonchev–Trinajstić information content (AvgIpc) is 3.35. The summed E-state index contributed by atoms with van der Waals surface area (Å²) in [6.45, 7) is 4.28. The molecule has 3 heterocycles. The van der Waals surface area contributed by atoms with Gasteiger partial charge in [0.1, 0.15) is 5.82 Å². The number of halogens is 1. The molecule has 3 aromatic rings. The molecule has 1 atom stereocenters. The molecule has 1 aromatic carbocycles. The number of aromatic nitrogens is 3. The zero-order valence-corrected chi connectivity index (χ0v) is 15.2. The first kappa shape index (κ1) is 17.6. The number of aryl methyl sites for hydroxylation is 1. The van der Waals surface area contributed by atoms with Crippen LogP contribution in [0.15, 0.2) is 42.7 Å². The van der Waals surface area contributed by atoms with Gasteiger partial charge in [0.05, 0.1) is 23.5 Å². The fourth-order valence-corrected chi connectivity index (χ4v) is 3.69. The fourth-order valence-electron chi connectivity index (χ4n) is 3.69. The Morgan fingerprint density at radius 2 is 1.96 bits per heavy atom. The van der Waals surface area contributed by atoms with E-state index in [1.54, 1.807) is 35.1 Å². The van der Waals surface area contributed by atoms with Gasteiger partial charge in [-0.05, 0) is 50.6 Å². The standard InChI is InChI=1S/C20H22FN5O/c1-14-17(12-22-19-8-9-24-26(14)19)20(27)23-13-18(25-10-2-3-11-25)15-4-6-16(21)7-5-15/h4-9,12,18H,2-3,10-11,13H2,1H3,(H,23,27)/t18-/m0/s1. The number of rotatable bonds is 5. The Balaban J connectivity index is 1.53. The monoisotopic (exact) mass is 367 g/mol. The van der Waals surface area contributed by atoms with Gasteiger partial charge in [-0.2, -0.15) is 5.10 Å². The molecule has 0 aliphatic carbocycles. The molecule has 1 N–H and O–H groups in total. The number of hydrogen-bond donors (Lipinski definition) is 1. The van der Waals surface area contributed by atoms with Gasteiger partial charge in [0.15, 0.2) is 5.65 Å². The highest BCUT2D eigenvalue weighted by Gasteiger charge is 2.24. The summed E-state index contributed by atoms with van der Waals surface area (Å²) in [5.41, 5.74) is 2.98. The molecule has 1 amide bonds. The summed E-state index contributed by atoms with van der Waals surface area (Å²) < 4.78 is 15.0. The summed E-state index contributed by atoms with van der Waals surface area (Å²) in [7, 11) is 0. The molecule has 27 heavy (non-hydrogen) atoms. The molecule has 7 heteroatoms. The summed E-state index contributed by atoms with van der Waals surface area (Å²) in [5.74, 6) is -0.430. The molecule has 0 radical (unpaired) electrons. The van der Waals surface area contributed by atoms with Crippen molar-refractivity contribution in [3.63, 3.8) is 0 Å². The third-order valence-corrected chi connectivity index (χ3v) is 5.19. The van der Waals surface area contributed by atoms with Crippen molar-refractivity contribution in [2.24, 2.45) is 0 Å². The lowest BCUT2D eigenvalue weighted by Gasteiger charge is -2.28. The van der Waals surface area contributed by atoms with Crippen molar-refractivity contribution in [2.75, 3.05) is 19.6 Å². The maximum absolute atomic E-state index is 13.3. The Labute approximate surface area is 157 Å². The number of nitrogens with one attached hydrogen (secondary N) is 1. The lowest BCUT2D eigenvalue weighted by Crippen LogP contribution is -2.37. The molecule has 140 valence electrons. The topological polar surface area (TPSA) is 62.5 Å². The molecule has 0 spiro atoms. The van der Waals surface area contributed by atoms with E-state index in [-0.39, 0.29) is 17.8 Å². The Bertz CT molecular complexity index is 947. The SMILES string of the molecule is Cc1c(C(=O)NC[C@@H](c2ccc(F)cc2)N2CCCC2)cnc2ccnn12. The van der Waals surface area contributed by atoms with E-state index >= 15 is 0 Å². The van der Waals surface area contributed by atoms with Crippen LogP contribution in [0.4, 0.5) is 4.39 Å². The van der Waals surface area contributed by atoms with Crippen LogP contribution in [0.25, 0.3) is 5.65 Å². The minimum atomic E-state index is -0.253. The first-order chi connectivity index (χ1) is 13.1. The highest BCUT2D eigenvalue weighted by molar-refractivity contribution is 5.95. The Morgan fingerprint density at radius 1 is 1.22 bits per heavy atom. The van der Waals surface area contributed by atoms with Crippen LogP contribution in [0.3, 0.4) is 0 Å². The van der Waals surface area contributed by atoms with E-state index in [1.807, 2.05) is 6.92 Å². The maximum atomic E-state index is 13.3. The van der Waals surface area contributed by atoms with Crippen molar-refractivity contribution in [3.05, 3.63) is 65.4 Å². The van der Waals surface area contributed by atoms with Crippen molar-refractivity contribution in [1.82, 2.24) is 24.8 Å². The summed E-state index contributed by atoms with van der Waals surface area (Å²) in [4.78, 5) is 19.4. The maximum Gasteiger partial charge on any atom is 0.254 e. The molecule has 2 aromatic heterocycles. The molecule has 1 saturated heterocycles. The van der Waals surface area contributed by atoms with Crippen LogP contribution in [0.1, 0.15) is 40.5 Å². The van der Waals surface area contributed by atoms with Crippen LogP contribution >= 0.6 is 0 Å². The van der Waals surface area contributed by atoms with Crippen LogP contribution in [0.2, 0.25) is 0 Å². The van der Waals surface area contributed by atoms with E-state index < -0.39 is 0 Å². The second kappa shape index (κ2) is 7.44. The number of amides is 1. The van der Waals surface area contributed by atoms with Crippen molar-refractivity contribution in [2.45, 2.75) is 25.8 Å². The van der Waals surface area contributed by atoms with Crippen LogP contribution in [-0.2, 0) is 0 Å². The first-order valence-electron chi connectivity index (χ1n) is 9.20. The van der Waals surface area contributed by atoms with Gasteiger partial charge in [0, 0.05) is 18.8 Å². The lowest BCUT2D eigenvalue weighted by atomic mass is 10.1. The summed E-state index contributed by atoms with van der Waals surface area (Å²) in [6, 6.07) is 8.37. The van der Waals surface area contributed by atoms with Gasteiger partial charge in [-0.3, -0.25) is 9.69 Å². The van der Waals surface area contributed by atoms with Crippen molar-refractivity contribution >= 4 is 11.6 Å². The molecular formula is C20H22FN5O. The second-order valence-corrected chi connectivity index (χ2v) is 6.88. The molecule has 4 rings (SSSR count). The van der Waals surface area contributed by atoms with Crippen LogP contribution in [0.5, 0.6) is 0 Å². The third-order valence-electron chi connectivity index (χ3n) is 5.19. The van der Waals surface area contributed by atoms with E-state index in [9.17, 15) is 9.18 Å². The zero-order chi connectivity index (χ0) is 18.8. The number of nitrogens with zero attached hydrogens (tertiary/aromatic N) is 4. The predicted octanol–water partition coefficient (Wildman–Crippen LogP) is 2.74. The molecule has 1 fully saturated rings. The fraction of sp³-hybridized carbons (Fsp3) is 0.350. The number of carbonyl (C=O) groups is 1. The van der Waals surface area contributed by atoms with Gasteiger partial charge in [-0.25, -0.2) is 13.9 Å². The molecule has 0 bridgehead atoms. The minimum Gasteiger partial charge on any atom is -0.350 e. The number of hydrogen-bond acceptors (Lipinski definition) is 4. The first-order valence-corrected chi connectivity index (χ1v) is 9.20. The van der Waals surface area contributed by atoms with Crippen LogP contribution in [0, 0.1) is 12.7 Å². The van der Waals surface area contributed by atoms with Gasteiger partial charge < -0.3 is 5.32 Å². The van der Waals surface area contributed by atoms with Gasteiger partial charge in [-0.1, -0.05) is 12.1 Å². The number of fused-ring (bicyclic) bond motifs is 1. The van der Waals surface area contributed by atoms with Crippen LogP contribution in [-0.4, -0.2) is 45.0 Å². The largest absolute Gasteiger partial charge is 0.350 e. The van der Waals surface area contributed by atoms with Crippen molar-refractivity contribution in [1.29, 1.82) is 0 Å². The van der Waals surface area contributed by atoms with E-state index in [0.717, 1.165) is 37.2 Å². The van der Waals surface area contributed by atoms with E-state index in [1.165, 1.54) is 12.1 Å². The number of likely N-dealkylation sites (tertiary alicyclic amines) is 1. The molecule has 6 nitrogen and oxygen atoms in total. The van der Waals surface area contributed by atoms with Gasteiger partial charge in [0.25, 0.3) is 5.91 Å². The lowest BCUT2D eigenvalue weighted by molar-refractivity contribution is 0.0936. The smallest absolute Gasteiger partial charge is 0.254 e. The summed E-state index contributed by atoms with van der Waals surface area (Å²) in [5, 5.41) is 7.24. The average molecular weight is 367 g/mol. The second-order valence-electron chi connectivity index (χ2n) is 6.88. The van der Waals surface area contributed by atoms with Crippen molar-refractivity contribution < 1.29 is 9.18 Å². The number of carbonyl (C=O) groups excluding carboxylic acids is 1. The molecule has 0 saturated carbocycles. The van der Waals surface area contributed by atoms with E-state index in [0.29, 0.717) is 17.8 Å². The Hall–Kier alpha value is -2.80. The molecule has 1 aliphatic rings. The third kappa shape index (κ3) is 3.55. The van der Waals surface area contributed by atoms with Gasteiger partial charge >= 0.3 is 0 Å². The Morgan fingerprint density at radius 3 is 2.70 bits per heavy atom. The molecule has 0 unspecified atom stereocenters. The Kier molecular flexibility index (Phi) is 4.85. The highest BCUT2D eigenvalue weighted by Crippen LogP contribution is 2.25. The van der Waals surface area contributed by atoms with E-state index in [2.05, 4.69) is 20.3 Å². The van der Waals surface area contributed by atoms with E-state index in [4.69, 9.17) is 0 Å². The molecular weight excluding hydrogens is 345 g/mol. The highest BCUT2D eigenvalue weighted by atomic mass is 19.1. The summed E-state index contributed by atoms with van der Waals surface area (Å²) >= 11 is 0. The predicted molar refractivity (Wildman–Crippen MR) is 100 cm³/mol. The quantitative estimate of drug-likeness (QED) is 0.753. The van der Waals surface area contributed by atoms with Crippen LogP contribution < -0.4 is 5.32 Å². The molecule has 1 aliphatic heterocycles. The number of benzene rings is 1. The zero-order valence-electron chi connectivity index (χ0n) is 15.2. The summed E-state index contributed by atoms with van der Waals surface area (Å²) in [6.07, 6.45) is 5.54. The van der Waals surface area contributed by atoms with Crippen molar-refractivity contribution in [3.8, 4) is 0 Å². The minimum absolute atomic E-state index is 0.0266.